The molecule has 0 aliphatic carbocycles. The van der Waals surface area contributed by atoms with Gasteiger partial charge in [-0.05, 0) is 54.0 Å². The number of benzene rings is 2. The molecule has 4 rings (SSSR count). The van der Waals surface area contributed by atoms with Crippen molar-refractivity contribution in [2.75, 3.05) is 33.9 Å². The minimum atomic E-state index is -0.269. The maximum absolute atomic E-state index is 13.1. The highest BCUT2D eigenvalue weighted by atomic mass is 19.1. The minimum absolute atomic E-state index is 0.0224. The first-order valence-corrected chi connectivity index (χ1v) is 10.8. The van der Waals surface area contributed by atoms with Gasteiger partial charge in [0.2, 0.25) is 5.91 Å². The van der Waals surface area contributed by atoms with Crippen LogP contribution in [0.1, 0.15) is 17.5 Å². The van der Waals surface area contributed by atoms with Gasteiger partial charge in [0.25, 0.3) is 0 Å². The Hall–Kier alpha value is -3.65. The molecular weight excluding hydrogens is 423 g/mol. The van der Waals surface area contributed by atoms with E-state index in [-0.39, 0.29) is 11.7 Å². The van der Waals surface area contributed by atoms with Crippen LogP contribution in [0.25, 0.3) is 11.3 Å². The van der Waals surface area contributed by atoms with Crippen LogP contribution in [0.5, 0.6) is 11.5 Å². The number of carbonyl (C=O) groups is 1. The van der Waals surface area contributed by atoms with Crippen molar-refractivity contribution in [3.63, 3.8) is 0 Å². The molecule has 0 fully saturated rings. The van der Waals surface area contributed by atoms with Gasteiger partial charge in [-0.2, -0.15) is 5.10 Å². The van der Waals surface area contributed by atoms with Crippen LogP contribution in [0, 0.1) is 5.82 Å². The fourth-order valence-electron chi connectivity index (χ4n) is 3.79. The molecule has 1 aliphatic rings. The molecule has 0 saturated carbocycles. The van der Waals surface area contributed by atoms with Gasteiger partial charge in [-0.15, -0.1) is 0 Å². The van der Waals surface area contributed by atoms with Gasteiger partial charge in [0.15, 0.2) is 11.5 Å². The zero-order chi connectivity index (χ0) is 23.2. The molecule has 0 radical (unpaired) electrons. The number of hydrogen-bond acceptors (Lipinski definition) is 5. The average molecular weight is 451 g/mol. The van der Waals surface area contributed by atoms with E-state index >= 15 is 0 Å². The molecule has 1 amide bonds. The van der Waals surface area contributed by atoms with E-state index in [2.05, 4.69) is 21.4 Å². The second kappa shape index (κ2) is 10.3. The number of hydrogen-bond donors (Lipinski definition) is 1. The summed E-state index contributed by atoms with van der Waals surface area (Å²) in [5, 5.41) is 7.36. The number of carbonyl (C=O) groups excluding carboxylic acids is 1. The molecule has 0 saturated heterocycles. The fraction of sp³-hybridized carbons (Fsp3) is 0.280. The Morgan fingerprint density at radius 2 is 1.91 bits per heavy atom. The Balaban J connectivity index is 1.28. The predicted molar refractivity (Wildman–Crippen MR) is 124 cm³/mol. The molecule has 2 heterocycles. The third-order valence-corrected chi connectivity index (χ3v) is 5.64. The highest BCUT2D eigenvalue weighted by molar-refractivity contribution is 5.78. The van der Waals surface area contributed by atoms with Crippen molar-refractivity contribution in [3.05, 3.63) is 77.9 Å². The summed E-state index contributed by atoms with van der Waals surface area (Å²) in [5.74, 6) is 1.01. The average Bonchev–Trinajstić information content (AvgIpc) is 3.34. The van der Waals surface area contributed by atoms with Crippen molar-refractivity contribution in [1.82, 2.24) is 20.0 Å². The maximum atomic E-state index is 13.1. The number of halogens is 1. The van der Waals surface area contributed by atoms with Crippen molar-refractivity contribution < 1.29 is 18.7 Å². The van der Waals surface area contributed by atoms with Crippen LogP contribution in [-0.2, 0) is 11.3 Å². The third-order valence-electron chi connectivity index (χ3n) is 5.64. The van der Waals surface area contributed by atoms with Gasteiger partial charge in [-0.3, -0.25) is 9.69 Å². The second-order valence-corrected chi connectivity index (χ2v) is 7.83. The van der Waals surface area contributed by atoms with Crippen LogP contribution in [-0.4, -0.2) is 54.4 Å². The van der Waals surface area contributed by atoms with Crippen LogP contribution in [0.3, 0.4) is 0 Å². The van der Waals surface area contributed by atoms with E-state index in [4.69, 9.17) is 9.47 Å². The van der Waals surface area contributed by atoms with Crippen LogP contribution in [0.15, 0.2) is 60.9 Å². The molecule has 0 unspecified atom stereocenters. The predicted octanol–water partition coefficient (Wildman–Crippen LogP) is 3.43. The number of rotatable bonds is 8. The van der Waals surface area contributed by atoms with E-state index in [1.54, 1.807) is 31.0 Å². The van der Waals surface area contributed by atoms with Gasteiger partial charge < -0.3 is 14.8 Å². The quantitative estimate of drug-likeness (QED) is 0.570. The summed E-state index contributed by atoms with van der Waals surface area (Å²) >= 11 is 0. The molecule has 1 N–H and O–H groups in total. The molecule has 33 heavy (non-hydrogen) atoms. The Bertz CT molecular complexity index is 1140. The summed E-state index contributed by atoms with van der Waals surface area (Å²) in [4.78, 5) is 14.5. The Morgan fingerprint density at radius 3 is 2.61 bits per heavy atom. The first-order chi connectivity index (χ1) is 16.1. The number of amides is 1. The van der Waals surface area contributed by atoms with Crippen molar-refractivity contribution in [2.45, 2.75) is 13.0 Å². The molecule has 172 valence electrons. The van der Waals surface area contributed by atoms with Gasteiger partial charge >= 0.3 is 0 Å². The molecule has 3 aromatic rings. The van der Waals surface area contributed by atoms with Crippen LogP contribution < -0.4 is 14.8 Å². The van der Waals surface area contributed by atoms with Crippen LogP contribution in [0.4, 0.5) is 4.39 Å². The minimum Gasteiger partial charge on any atom is -0.493 e. The highest BCUT2D eigenvalue weighted by Gasteiger charge is 2.17. The van der Waals surface area contributed by atoms with Gasteiger partial charge in [-0.25, -0.2) is 9.07 Å². The van der Waals surface area contributed by atoms with Crippen molar-refractivity contribution in [1.29, 1.82) is 0 Å². The summed E-state index contributed by atoms with van der Waals surface area (Å²) in [6.45, 7) is 2.25. The van der Waals surface area contributed by atoms with Gasteiger partial charge in [-0.1, -0.05) is 12.1 Å². The van der Waals surface area contributed by atoms with E-state index in [0.717, 1.165) is 29.8 Å². The van der Waals surface area contributed by atoms with E-state index in [9.17, 15) is 9.18 Å². The first-order valence-electron chi connectivity index (χ1n) is 10.8. The summed E-state index contributed by atoms with van der Waals surface area (Å²) in [6.07, 6.45) is 6.74. The molecule has 2 aromatic carbocycles. The summed E-state index contributed by atoms with van der Waals surface area (Å²) in [7, 11) is 3.18. The molecule has 0 spiro atoms. The van der Waals surface area contributed by atoms with Crippen molar-refractivity contribution in [3.8, 4) is 17.2 Å². The second-order valence-electron chi connectivity index (χ2n) is 7.83. The zero-order valence-electron chi connectivity index (χ0n) is 18.8. The first kappa shape index (κ1) is 22.5. The smallest absolute Gasteiger partial charge is 0.234 e. The molecule has 0 atom stereocenters. The largest absolute Gasteiger partial charge is 0.493 e. The molecule has 7 nitrogen and oxygen atoms in total. The van der Waals surface area contributed by atoms with Gasteiger partial charge in [0.1, 0.15) is 5.82 Å². The lowest BCUT2D eigenvalue weighted by Gasteiger charge is -2.25. The van der Waals surface area contributed by atoms with Crippen LogP contribution >= 0.6 is 0 Å². The van der Waals surface area contributed by atoms with Crippen molar-refractivity contribution in [2.24, 2.45) is 0 Å². The third kappa shape index (κ3) is 5.59. The number of aromatic nitrogens is 2. The zero-order valence-corrected chi connectivity index (χ0v) is 18.8. The van der Waals surface area contributed by atoms with Gasteiger partial charge in [0.05, 0.1) is 32.6 Å². The van der Waals surface area contributed by atoms with Crippen molar-refractivity contribution >= 4 is 11.5 Å². The lowest BCUT2D eigenvalue weighted by molar-refractivity contribution is -0.122. The number of ether oxygens (including phenoxy) is 2. The Labute approximate surface area is 192 Å². The molecule has 1 aromatic heterocycles. The number of methoxy groups -OCH3 is 2. The monoisotopic (exact) mass is 450 g/mol. The van der Waals surface area contributed by atoms with E-state index < -0.39 is 0 Å². The summed E-state index contributed by atoms with van der Waals surface area (Å²) in [6, 6.07) is 11.8. The number of nitrogens with one attached hydrogen (secondary N) is 1. The SMILES string of the molecule is COc1ccc(CNC(=O)CN2CC=C(c3cnn(-c4ccc(F)cc4)c3)CC2)cc1OC. The van der Waals surface area contributed by atoms with Crippen LogP contribution in [0.2, 0.25) is 0 Å². The topological polar surface area (TPSA) is 68.6 Å². The summed E-state index contributed by atoms with van der Waals surface area (Å²) < 4.78 is 25.4. The van der Waals surface area contributed by atoms with Gasteiger partial charge in [0, 0.05) is 31.4 Å². The standard InChI is InChI=1S/C25H27FN4O3/c1-32-23-8-3-18(13-24(23)33-2)14-27-25(31)17-29-11-9-19(10-12-29)20-15-28-30(16-20)22-6-4-21(26)5-7-22/h3-9,13,15-16H,10-12,14,17H2,1-2H3,(H,27,31). The normalized spacial score (nSPS) is 14.0. The highest BCUT2D eigenvalue weighted by Crippen LogP contribution is 2.27. The molecule has 1 aliphatic heterocycles. The Morgan fingerprint density at radius 1 is 1.12 bits per heavy atom. The fourth-order valence-corrected chi connectivity index (χ4v) is 3.79. The molecular formula is C25H27FN4O3. The molecule has 8 heteroatoms. The Kier molecular flexibility index (Phi) is 7.04. The summed E-state index contributed by atoms with van der Waals surface area (Å²) in [5.41, 5.74) is 3.99. The number of nitrogens with zero attached hydrogens (tertiary/aromatic N) is 3. The molecule has 0 bridgehead atoms. The van der Waals surface area contributed by atoms with E-state index in [1.165, 1.54) is 17.7 Å². The van der Waals surface area contributed by atoms with E-state index in [0.29, 0.717) is 31.1 Å². The maximum Gasteiger partial charge on any atom is 0.234 e. The lowest BCUT2D eigenvalue weighted by atomic mass is 10.0. The van der Waals surface area contributed by atoms with E-state index in [1.807, 2.05) is 30.6 Å². The lowest BCUT2D eigenvalue weighted by Crippen LogP contribution is -2.39.